The fraction of sp³-hybridized carbons (Fsp3) is 0.167. The Hall–Kier alpha value is -2.60. The van der Waals surface area contributed by atoms with Crippen LogP contribution in [0.4, 0.5) is 0 Å². The molecule has 0 unspecified atom stereocenters. The Labute approximate surface area is 142 Å². The lowest BCUT2D eigenvalue weighted by atomic mass is 9.84. The second-order valence-electron chi connectivity index (χ2n) is 7.89. The topological polar surface area (TPSA) is 0 Å². The van der Waals surface area contributed by atoms with Crippen LogP contribution in [0.15, 0.2) is 66.7 Å². The molecule has 0 heterocycles. The average molecular weight is 308 g/mol. The number of fused-ring (bicyclic) bond motifs is 5. The fourth-order valence-electron chi connectivity index (χ4n) is 4.08. The smallest absolute Gasteiger partial charge is 0.00143 e. The monoisotopic (exact) mass is 308 g/mol. The Morgan fingerprint density at radius 2 is 1.42 bits per heavy atom. The van der Waals surface area contributed by atoms with Crippen molar-refractivity contribution < 1.29 is 0 Å². The molecule has 1 aliphatic carbocycles. The zero-order chi connectivity index (χ0) is 16.5. The molecular weight excluding hydrogens is 288 g/mol. The van der Waals surface area contributed by atoms with E-state index in [0.717, 1.165) is 0 Å². The lowest BCUT2D eigenvalue weighted by Crippen LogP contribution is -2.10. The van der Waals surface area contributed by atoms with E-state index < -0.39 is 0 Å². The van der Waals surface area contributed by atoms with Crippen molar-refractivity contribution in [3.8, 4) is 22.3 Å². The quantitative estimate of drug-likeness (QED) is 0.272. The standard InChI is InChI=1S/C24H20/c1-24(2,3)17-11-12-20-21(14-17)19-10-6-8-16-13-15-7-4-5-9-18(15)23(20)22(16)19/h4-14H,1-3H3. The van der Waals surface area contributed by atoms with Gasteiger partial charge in [-0.05, 0) is 66.9 Å². The zero-order valence-electron chi connectivity index (χ0n) is 14.4. The van der Waals surface area contributed by atoms with Gasteiger partial charge < -0.3 is 0 Å². The van der Waals surface area contributed by atoms with Gasteiger partial charge in [0.25, 0.3) is 0 Å². The van der Waals surface area contributed by atoms with Crippen molar-refractivity contribution in [3.63, 3.8) is 0 Å². The lowest BCUT2D eigenvalue weighted by molar-refractivity contribution is 0.590. The second kappa shape index (κ2) is 4.48. The first-order valence-corrected chi connectivity index (χ1v) is 8.64. The van der Waals surface area contributed by atoms with Crippen molar-refractivity contribution in [1.82, 2.24) is 0 Å². The highest BCUT2D eigenvalue weighted by atomic mass is 14.3. The van der Waals surface area contributed by atoms with Gasteiger partial charge in [0.1, 0.15) is 0 Å². The summed E-state index contributed by atoms with van der Waals surface area (Å²) in [5, 5.41) is 5.44. The van der Waals surface area contributed by atoms with E-state index >= 15 is 0 Å². The summed E-state index contributed by atoms with van der Waals surface area (Å²) in [6.07, 6.45) is 0. The van der Waals surface area contributed by atoms with Gasteiger partial charge in [0.2, 0.25) is 0 Å². The molecule has 0 nitrogen and oxygen atoms in total. The minimum atomic E-state index is 0.166. The van der Waals surface area contributed by atoms with Gasteiger partial charge in [-0.15, -0.1) is 0 Å². The highest BCUT2D eigenvalue weighted by Gasteiger charge is 2.25. The molecule has 0 N–H and O–H groups in total. The van der Waals surface area contributed by atoms with Gasteiger partial charge in [-0.1, -0.05) is 75.4 Å². The summed E-state index contributed by atoms with van der Waals surface area (Å²) >= 11 is 0. The van der Waals surface area contributed by atoms with Crippen molar-refractivity contribution in [1.29, 1.82) is 0 Å². The third kappa shape index (κ3) is 1.74. The van der Waals surface area contributed by atoms with Crippen molar-refractivity contribution >= 4 is 21.5 Å². The van der Waals surface area contributed by atoms with E-state index in [-0.39, 0.29) is 5.41 Å². The number of hydrogen-bond acceptors (Lipinski definition) is 0. The van der Waals surface area contributed by atoms with Crippen LogP contribution in [-0.4, -0.2) is 0 Å². The Morgan fingerprint density at radius 3 is 2.25 bits per heavy atom. The molecule has 0 aliphatic heterocycles. The minimum Gasteiger partial charge on any atom is -0.0616 e. The van der Waals surface area contributed by atoms with Crippen LogP contribution in [-0.2, 0) is 5.41 Å². The molecule has 24 heavy (non-hydrogen) atoms. The lowest BCUT2D eigenvalue weighted by Gasteiger charge is -2.20. The zero-order valence-corrected chi connectivity index (χ0v) is 14.4. The van der Waals surface area contributed by atoms with Gasteiger partial charge in [0.05, 0.1) is 0 Å². The molecule has 0 spiro atoms. The van der Waals surface area contributed by atoms with Crippen molar-refractivity contribution in [2.45, 2.75) is 26.2 Å². The molecule has 1 aliphatic rings. The molecule has 0 atom stereocenters. The van der Waals surface area contributed by atoms with Crippen LogP contribution >= 0.6 is 0 Å². The van der Waals surface area contributed by atoms with E-state index in [1.54, 1.807) is 0 Å². The molecule has 0 saturated heterocycles. The molecule has 4 aromatic rings. The average Bonchev–Trinajstić information content (AvgIpc) is 2.90. The van der Waals surface area contributed by atoms with Crippen LogP contribution in [0, 0.1) is 0 Å². The third-order valence-corrected chi connectivity index (χ3v) is 5.33. The Bertz CT molecular complexity index is 1120. The molecule has 0 bridgehead atoms. The van der Waals surface area contributed by atoms with Crippen molar-refractivity contribution in [3.05, 3.63) is 72.3 Å². The highest BCUT2D eigenvalue weighted by molar-refractivity contribution is 6.23. The summed E-state index contributed by atoms with van der Waals surface area (Å²) in [5.74, 6) is 0. The first kappa shape index (κ1) is 13.8. The van der Waals surface area contributed by atoms with Gasteiger partial charge in [-0.2, -0.15) is 0 Å². The van der Waals surface area contributed by atoms with Gasteiger partial charge in [-0.25, -0.2) is 0 Å². The number of benzene rings is 4. The van der Waals surface area contributed by atoms with Crippen molar-refractivity contribution in [2.75, 3.05) is 0 Å². The molecule has 0 amide bonds. The fourth-order valence-corrected chi connectivity index (χ4v) is 4.08. The summed E-state index contributed by atoms with van der Waals surface area (Å²) in [6.45, 7) is 6.85. The largest absolute Gasteiger partial charge is 0.0616 e. The van der Waals surface area contributed by atoms with Gasteiger partial charge in [0.15, 0.2) is 0 Å². The van der Waals surface area contributed by atoms with E-state index in [0.29, 0.717) is 0 Å². The van der Waals surface area contributed by atoms with Gasteiger partial charge >= 0.3 is 0 Å². The number of rotatable bonds is 0. The maximum Gasteiger partial charge on any atom is -0.00143 e. The number of hydrogen-bond donors (Lipinski definition) is 0. The summed E-state index contributed by atoms with van der Waals surface area (Å²) in [6, 6.07) is 24.8. The predicted octanol–water partition coefficient (Wildman–Crippen LogP) is 6.94. The molecule has 0 aromatic heterocycles. The van der Waals surface area contributed by atoms with Crippen LogP contribution in [0.1, 0.15) is 26.3 Å². The predicted molar refractivity (Wildman–Crippen MR) is 105 cm³/mol. The van der Waals surface area contributed by atoms with E-state index in [1.807, 2.05) is 0 Å². The molecule has 116 valence electrons. The molecule has 0 saturated carbocycles. The Balaban J connectivity index is 1.97. The van der Waals surface area contributed by atoms with Crippen LogP contribution in [0.2, 0.25) is 0 Å². The maximum atomic E-state index is 2.40. The first-order chi connectivity index (χ1) is 11.5. The maximum absolute atomic E-state index is 2.40. The molecule has 0 radical (unpaired) electrons. The molecule has 5 rings (SSSR count). The first-order valence-electron chi connectivity index (χ1n) is 8.64. The van der Waals surface area contributed by atoms with Gasteiger partial charge in [0, 0.05) is 0 Å². The summed E-state index contributed by atoms with van der Waals surface area (Å²) in [4.78, 5) is 0. The Morgan fingerprint density at radius 1 is 0.625 bits per heavy atom. The normalized spacial score (nSPS) is 12.8. The van der Waals surface area contributed by atoms with E-state index in [4.69, 9.17) is 0 Å². The van der Waals surface area contributed by atoms with Gasteiger partial charge in [-0.3, -0.25) is 0 Å². The summed E-state index contributed by atoms with van der Waals surface area (Å²) < 4.78 is 0. The van der Waals surface area contributed by atoms with Crippen LogP contribution in [0.25, 0.3) is 43.8 Å². The SMILES string of the molecule is CC(C)(C)c1ccc2c(c1)-c1cccc3cc4ccccc4c-2c13. The molecule has 0 heteroatoms. The van der Waals surface area contributed by atoms with Crippen LogP contribution < -0.4 is 0 Å². The van der Waals surface area contributed by atoms with E-state index in [1.165, 1.54) is 49.4 Å². The van der Waals surface area contributed by atoms with Crippen LogP contribution in [0.5, 0.6) is 0 Å². The highest BCUT2D eigenvalue weighted by Crippen LogP contribution is 2.51. The Kier molecular flexibility index (Phi) is 2.58. The van der Waals surface area contributed by atoms with Crippen molar-refractivity contribution in [2.24, 2.45) is 0 Å². The summed E-state index contributed by atoms with van der Waals surface area (Å²) in [7, 11) is 0. The van der Waals surface area contributed by atoms with E-state index in [2.05, 4.69) is 87.5 Å². The third-order valence-electron chi connectivity index (χ3n) is 5.33. The molecular formula is C24H20. The van der Waals surface area contributed by atoms with E-state index in [9.17, 15) is 0 Å². The second-order valence-corrected chi connectivity index (χ2v) is 7.89. The summed E-state index contributed by atoms with van der Waals surface area (Å²) in [5.41, 5.74) is 7.13. The van der Waals surface area contributed by atoms with Crippen LogP contribution in [0.3, 0.4) is 0 Å². The minimum absolute atomic E-state index is 0.166. The molecule has 4 aromatic carbocycles. The molecule has 0 fully saturated rings.